The molecule has 2 aromatic carbocycles. The molecule has 1 amide bonds. The Kier molecular flexibility index (Phi) is 8.53. The first kappa shape index (κ1) is 25.6. The van der Waals surface area contributed by atoms with E-state index in [9.17, 15) is 4.79 Å². The summed E-state index contributed by atoms with van der Waals surface area (Å²) in [7, 11) is 4.75. The molecular weight excluding hydrogens is 458 g/mol. The second kappa shape index (κ2) is 12.0. The van der Waals surface area contributed by atoms with Gasteiger partial charge in [0.25, 0.3) is 5.91 Å². The highest BCUT2D eigenvalue weighted by Gasteiger charge is 2.20. The molecule has 3 N–H and O–H groups in total. The Morgan fingerprint density at radius 3 is 2.25 bits per heavy atom. The van der Waals surface area contributed by atoms with E-state index in [4.69, 9.17) is 24.9 Å². The van der Waals surface area contributed by atoms with Crippen LogP contribution in [0.25, 0.3) is 11.0 Å². The number of rotatable bonds is 9. The molecule has 0 unspecified atom stereocenters. The first-order valence-corrected chi connectivity index (χ1v) is 12.7. The van der Waals surface area contributed by atoms with Gasteiger partial charge in [-0.3, -0.25) is 4.79 Å². The minimum Gasteiger partial charge on any atom is -0.493 e. The number of likely N-dealkylation sites (tertiary alicyclic amines) is 1. The first-order chi connectivity index (χ1) is 17.6. The summed E-state index contributed by atoms with van der Waals surface area (Å²) in [6.07, 6.45) is 6.53. The molecule has 0 aliphatic carbocycles. The molecule has 1 aliphatic heterocycles. The molecule has 4 rings (SSSR count). The summed E-state index contributed by atoms with van der Waals surface area (Å²) in [5, 5.41) is 3.40. The summed E-state index contributed by atoms with van der Waals surface area (Å²) in [6.45, 7) is 2.85. The molecule has 3 aromatic rings. The fraction of sp³-hybridized carbons (Fsp3) is 0.481. The van der Waals surface area contributed by atoms with Gasteiger partial charge in [0, 0.05) is 43.0 Å². The van der Waals surface area contributed by atoms with Crippen molar-refractivity contribution in [1.82, 2.24) is 14.5 Å². The van der Waals surface area contributed by atoms with E-state index in [0.717, 1.165) is 49.1 Å². The number of aryl methyl sites for hydroxylation is 1. The number of methoxy groups -OCH3 is 3. The summed E-state index contributed by atoms with van der Waals surface area (Å²) in [5.41, 5.74) is 8.98. The van der Waals surface area contributed by atoms with E-state index in [1.807, 2.05) is 35.2 Å². The number of hydrogen-bond donors (Lipinski definition) is 2. The van der Waals surface area contributed by atoms with Crippen LogP contribution in [0.15, 0.2) is 30.3 Å². The van der Waals surface area contributed by atoms with Gasteiger partial charge in [0.05, 0.1) is 32.4 Å². The first-order valence-electron chi connectivity index (χ1n) is 12.7. The number of nitrogens with one attached hydrogen (secondary N) is 1. The van der Waals surface area contributed by atoms with Crippen molar-refractivity contribution in [3.63, 3.8) is 0 Å². The molecular formula is C27H37N5O4. The lowest BCUT2D eigenvalue weighted by molar-refractivity contribution is 0.0742. The van der Waals surface area contributed by atoms with E-state index < -0.39 is 0 Å². The van der Waals surface area contributed by atoms with Crippen LogP contribution in [0, 0.1) is 0 Å². The highest BCUT2D eigenvalue weighted by molar-refractivity contribution is 5.98. The smallest absolute Gasteiger partial charge is 0.253 e. The number of nitrogens with zero attached hydrogens (tertiary/aromatic N) is 3. The van der Waals surface area contributed by atoms with E-state index in [0.29, 0.717) is 41.8 Å². The zero-order valence-corrected chi connectivity index (χ0v) is 21.5. The van der Waals surface area contributed by atoms with Crippen LogP contribution in [-0.2, 0) is 6.54 Å². The van der Waals surface area contributed by atoms with Gasteiger partial charge in [-0.25, -0.2) is 4.98 Å². The number of ether oxygens (including phenoxy) is 3. The molecule has 9 nitrogen and oxygen atoms in total. The Morgan fingerprint density at radius 2 is 1.64 bits per heavy atom. The van der Waals surface area contributed by atoms with Gasteiger partial charge in [0.15, 0.2) is 11.5 Å². The lowest BCUT2D eigenvalue weighted by Gasteiger charge is -2.25. The van der Waals surface area contributed by atoms with Crippen molar-refractivity contribution in [3.8, 4) is 17.2 Å². The van der Waals surface area contributed by atoms with Crippen LogP contribution in [0.1, 0.15) is 48.9 Å². The lowest BCUT2D eigenvalue weighted by atomic mass is 10.1. The third-order valence-corrected chi connectivity index (χ3v) is 6.65. The highest BCUT2D eigenvalue weighted by atomic mass is 16.5. The molecule has 0 spiro atoms. The van der Waals surface area contributed by atoms with E-state index >= 15 is 0 Å². The fourth-order valence-electron chi connectivity index (χ4n) is 4.74. The number of anilines is 2. The van der Waals surface area contributed by atoms with Crippen LogP contribution in [0.4, 0.5) is 11.6 Å². The molecule has 194 valence electrons. The summed E-state index contributed by atoms with van der Waals surface area (Å²) >= 11 is 0. The third kappa shape index (κ3) is 5.51. The van der Waals surface area contributed by atoms with Crippen LogP contribution in [0.3, 0.4) is 0 Å². The Labute approximate surface area is 212 Å². The monoisotopic (exact) mass is 495 g/mol. The van der Waals surface area contributed by atoms with E-state index in [1.165, 1.54) is 19.3 Å². The van der Waals surface area contributed by atoms with Crippen LogP contribution in [0.5, 0.6) is 17.2 Å². The number of benzene rings is 2. The Hall–Kier alpha value is -3.46. The van der Waals surface area contributed by atoms with E-state index in [-0.39, 0.29) is 5.91 Å². The van der Waals surface area contributed by atoms with Crippen LogP contribution in [-0.4, -0.2) is 61.3 Å². The molecule has 0 radical (unpaired) electrons. The van der Waals surface area contributed by atoms with Crippen molar-refractivity contribution in [3.05, 3.63) is 35.9 Å². The summed E-state index contributed by atoms with van der Waals surface area (Å²) in [5.74, 6) is 2.36. The number of aromatic nitrogens is 2. The van der Waals surface area contributed by atoms with Gasteiger partial charge in [0.2, 0.25) is 11.7 Å². The van der Waals surface area contributed by atoms with Gasteiger partial charge in [0.1, 0.15) is 0 Å². The van der Waals surface area contributed by atoms with Gasteiger partial charge >= 0.3 is 0 Å². The number of hydrogen-bond acceptors (Lipinski definition) is 7. The largest absolute Gasteiger partial charge is 0.493 e. The molecule has 9 heteroatoms. The number of imidazole rings is 1. The van der Waals surface area contributed by atoms with Gasteiger partial charge in [-0.05, 0) is 44.0 Å². The Bertz CT molecular complexity index is 1160. The maximum atomic E-state index is 13.4. The zero-order chi connectivity index (χ0) is 25.5. The van der Waals surface area contributed by atoms with Gasteiger partial charge in [-0.15, -0.1) is 0 Å². The predicted octanol–water partition coefficient (Wildman–Crippen LogP) is 4.56. The molecule has 0 bridgehead atoms. The number of carbonyl (C=O) groups is 1. The number of fused-ring (bicyclic) bond motifs is 1. The van der Waals surface area contributed by atoms with Crippen molar-refractivity contribution in [2.24, 2.45) is 5.73 Å². The Balaban J connectivity index is 1.69. The standard InChI is InChI=1S/C27H37N5O4/c1-34-23-17-20(18-24(35-2)25(23)36-3)29-27-30-21-11-10-19(16-22(21)32(27)15-9-12-28)26(33)31-13-7-5-4-6-8-14-31/h10-11,16-18H,4-9,12-15,28H2,1-3H3,(H,29,30). The molecule has 1 aliphatic rings. The quantitative estimate of drug-likeness (QED) is 0.448. The number of carbonyl (C=O) groups excluding carboxylic acids is 1. The lowest BCUT2D eigenvalue weighted by Crippen LogP contribution is -2.33. The minimum atomic E-state index is 0.0875. The van der Waals surface area contributed by atoms with Gasteiger partial charge in [-0.1, -0.05) is 19.3 Å². The van der Waals surface area contributed by atoms with Crippen molar-refractivity contribution >= 4 is 28.6 Å². The third-order valence-electron chi connectivity index (χ3n) is 6.65. The average Bonchev–Trinajstić information content (AvgIpc) is 3.22. The molecule has 1 saturated heterocycles. The maximum absolute atomic E-state index is 13.4. The highest BCUT2D eigenvalue weighted by Crippen LogP contribution is 2.40. The van der Waals surface area contributed by atoms with E-state index in [1.54, 1.807) is 21.3 Å². The zero-order valence-electron chi connectivity index (χ0n) is 21.5. The summed E-state index contributed by atoms with van der Waals surface area (Å²) in [6, 6.07) is 9.44. The summed E-state index contributed by atoms with van der Waals surface area (Å²) in [4.78, 5) is 20.2. The molecule has 1 aromatic heterocycles. The molecule has 1 fully saturated rings. The van der Waals surface area contributed by atoms with Crippen molar-refractivity contribution in [1.29, 1.82) is 0 Å². The molecule has 0 saturated carbocycles. The maximum Gasteiger partial charge on any atom is 0.253 e. The van der Waals surface area contributed by atoms with Crippen LogP contribution in [0.2, 0.25) is 0 Å². The normalized spacial score (nSPS) is 14.3. The van der Waals surface area contributed by atoms with E-state index in [2.05, 4.69) is 9.88 Å². The van der Waals surface area contributed by atoms with Crippen molar-refractivity contribution in [2.75, 3.05) is 46.3 Å². The van der Waals surface area contributed by atoms with Gasteiger partial charge < -0.3 is 34.7 Å². The number of nitrogens with two attached hydrogens (primary N) is 1. The summed E-state index contributed by atoms with van der Waals surface area (Å²) < 4.78 is 18.5. The van der Waals surface area contributed by atoms with Crippen LogP contribution < -0.4 is 25.3 Å². The molecule has 2 heterocycles. The molecule has 36 heavy (non-hydrogen) atoms. The predicted molar refractivity (Wildman–Crippen MR) is 142 cm³/mol. The minimum absolute atomic E-state index is 0.0875. The SMILES string of the molecule is COc1cc(Nc2nc3ccc(C(=O)N4CCCCCCC4)cc3n2CCCN)cc(OC)c1OC. The number of amides is 1. The second-order valence-electron chi connectivity index (χ2n) is 9.03. The van der Waals surface area contributed by atoms with Gasteiger partial charge in [-0.2, -0.15) is 0 Å². The van der Waals surface area contributed by atoms with Crippen molar-refractivity contribution in [2.45, 2.75) is 45.1 Å². The fourth-order valence-corrected chi connectivity index (χ4v) is 4.74. The average molecular weight is 496 g/mol. The Morgan fingerprint density at radius 1 is 0.972 bits per heavy atom. The second-order valence-corrected chi connectivity index (χ2v) is 9.03. The molecule has 0 atom stereocenters. The topological polar surface area (TPSA) is 104 Å². The van der Waals surface area contributed by atoms with Crippen LogP contribution >= 0.6 is 0 Å². The van der Waals surface area contributed by atoms with Crippen molar-refractivity contribution < 1.29 is 19.0 Å².